The Kier molecular flexibility index (Phi) is 9.43. The van der Waals surface area contributed by atoms with Crippen molar-refractivity contribution in [1.82, 2.24) is 14.8 Å². The van der Waals surface area contributed by atoms with Gasteiger partial charge in [0, 0.05) is 11.4 Å². The van der Waals surface area contributed by atoms with Crippen LogP contribution in [0, 0.1) is 5.82 Å². The van der Waals surface area contributed by atoms with Crippen molar-refractivity contribution >= 4 is 29.3 Å². The quantitative estimate of drug-likeness (QED) is 0.134. The van der Waals surface area contributed by atoms with E-state index in [0.29, 0.717) is 51.7 Å². The van der Waals surface area contributed by atoms with Crippen LogP contribution in [-0.4, -0.2) is 34.4 Å². The summed E-state index contributed by atoms with van der Waals surface area (Å²) in [4.78, 5) is 18.5. The largest absolute Gasteiger partial charge is 0.495 e. The van der Waals surface area contributed by atoms with Crippen LogP contribution in [0.5, 0.6) is 11.5 Å². The van der Waals surface area contributed by atoms with E-state index in [9.17, 15) is 9.18 Å². The van der Waals surface area contributed by atoms with Crippen molar-refractivity contribution in [2.45, 2.75) is 50.1 Å². The number of aromatic nitrogens is 3. The maximum Gasteiger partial charge on any atom is 0.255 e. The number of hydrogen-bond acceptors (Lipinski definition) is 7. The fourth-order valence-electron chi connectivity index (χ4n) is 4.78. The molecule has 0 aliphatic carbocycles. The Hall–Kier alpha value is -4.31. The lowest BCUT2D eigenvalue weighted by Gasteiger charge is -2.29. The molecule has 1 aromatic heterocycles. The molecule has 4 aromatic rings. The maximum absolute atomic E-state index is 14.2. The van der Waals surface area contributed by atoms with Crippen LogP contribution in [0.1, 0.15) is 50.3 Å². The number of amides is 1. The summed E-state index contributed by atoms with van der Waals surface area (Å²) in [6, 6.07) is 21.1. The molecule has 1 aliphatic heterocycles. The number of halogens is 1. The summed E-state index contributed by atoms with van der Waals surface area (Å²) in [5, 5.41) is 11.5. The average molecular weight is 588 g/mol. The van der Waals surface area contributed by atoms with Gasteiger partial charge < -0.3 is 20.1 Å². The zero-order valence-corrected chi connectivity index (χ0v) is 24.7. The number of nitrogens with one attached hydrogen (secondary N) is 2. The molecule has 0 spiro atoms. The Bertz CT molecular complexity index is 1570. The smallest absolute Gasteiger partial charge is 0.255 e. The molecule has 0 fully saturated rings. The number of benzene rings is 3. The molecular weight excluding hydrogens is 553 g/mol. The fourth-order valence-corrected chi connectivity index (χ4v) is 5.59. The molecule has 2 heterocycles. The number of thioether (sulfide) groups is 1. The van der Waals surface area contributed by atoms with E-state index in [4.69, 9.17) is 14.6 Å². The average Bonchev–Trinajstić information content (AvgIpc) is 3.41. The van der Waals surface area contributed by atoms with Gasteiger partial charge in [0.2, 0.25) is 11.1 Å². The predicted molar refractivity (Wildman–Crippen MR) is 164 cm³/mol. The van der Waals surface area contributed by atoms with E-state index in [1.165, 1.54) is 17.8 Å². The van der Waals surface area contributed by atoms with E-state index in [1.807, 2.05) is 43.3 Å². The summed E-state index contributed by atoms with van der Waals surface area (Å²) in [5.41, 5.74) is 3.11. The minimum atomic E-state index is -0.569. The Morgan fingerprint density at radius 3 is 2.60 bits per heavy atom. The van der Waals surface area contributed by atoms with E-state index in [2.05, 4.69) is 22.5 Å². The van der Waals surface area contributed by atoms with Crippen LogP contribution in [0.2, 0.25) is 0 Å². The Morgan fingerprint density at radius 2 is 1.83 bits per heavy atom. The third-order valence-corrected chi connectivity index (χ3v) is 7.85. The van der Waals surface area contributed by atoms with E-state index in [0.717, 1.165) is 30.6 Å². The molecule has 10 heteroatoms. The molecule has 1 aliphatic rings. The maximum atomic E-state index is 14.2. The summed E-state index contributed by atoms with van der Waals surface area (Å²) in [5.74, 6) is 1.64. The van der Waals surface area contributed by atoms with E-state index >= 15 is 0 Å². The van der Waals surface area contributed by atoms with Crippen LogP contribution in [0.15, 0.2) is 89.2 Å². The molecule has 0 saturated heterocycles. The molecule has 2 N–H and O–H groups in total. The number of anilines is 2. The second kappa shape index (κ2) is 13.6. The number of para-hydroxylation sites is 2. The van der Waals surface area contributed by atoms with E-state index in [1.54, 1.807) is 42.1 Å². The monoisotopic (exact) mass is 587 g/mol. The fraction of sp³-hybridized carbons (Fsp3) is 0.281. The van der Waals surface area contributed by atoms with Crippen molar-refractivity contribution in [2.75, 3.05) is 24.4 Å². The standard InChI is InChI=1S/C32H34FN5O3S/c1-4-5-10-19-41-24-17-15-22(16-18-24)29-28(30(39)35-26-13-8-9-14-27(26)40-3)21(2)34-31-36-32(37-38(29)31)42-20-23-11-6-7-12-25(23)33/h6-9,11-18,29H,4-5,10,19-20H2,1-3H3,(H,35,39)(H,34,36,37). The highest BCUT2D eigenvalue weighted by Gasteiger charge is 2.34. The van der Waals surface area contributed by atoms with Crippen molar-refractivity contribution in [3.8, 4) is 11.5 Å². The number of allylic oxidation sites excluding steroid dienone is 1. The summed E-state index contributed by atoms with van der Waals surface area (Å²) >= 11 is 1.33. The first-order chi connectivity index (χ1) is 20.5. The normalized spacial score (nSPS) is 14.2. The van der Waals surface area contributed by atoms with E-state index < -0.39 is 6.04 Å². The Morgan fingerprint density at radius 1 is 1.07 bits per heavy atom. The van der Waals surface area contributed by atoms with Crippen LogP contribution in [0.3, 0.4) is 0 Å². The molecular formula is C32H34FN5O3S. The Balaban J connectivity index is 1.46. The highest BCUT2D eigenvalue weighted by atomic mass is 32.2. The van der Waals surface area contributed by atoms with Crippen molar-refractivity contribution in [3.05, 3.63) is 101 Å². The molecule has 0 radical (unpaired) electrons. The number of fused-ring (bicyclic) bond motifs is 1. The van der Waals surface area contributed by atoms with Gasteiger partial charge >= 0.3 is 0 Å². The highest BCUT2D eigenvalue weighted by Crippen LogP contribution is 2.38. The van der Waals surface area contributed by atoms with Crippen LogP contribution in [-0.2, 0) is 10.5 Å². The molecule has 42 heavy (non-hydrogen) atoms. The molecule has 8 nitrogen and oxygen atoms in total. The van der Waals surface area contributed by atoms with Crippen molar-refractivity contribution in [3.63, 3.8) is 0 Å². The molecule has 1 unspecified atom stereocenters. The molecule has 1 amide bonds. The van der Waals surface area contributed by atoms with Gasteiger partial charge in [0.05, 0.1) is 25.0 Å². The van der Waals surface area contributed by atoms with Gasteiger partial charge in [0.25, 0.3) is 5.91 Å². The lowest BCUT2D eigenvalue weighted by atomic mass is 9.95. The van der Waals surface area contributed by atoms with Gasteiger partial charge in [0.15, 0.2) is 0 Å². The predicted octanol–water partition coefficient (Wildman–Crippen LogP) is 7.21. The first-order valence-corrected chi connectivity index (χ1v) is 14.9. The van der Waals surface area contributed by atoms with Crippen LogP contribution in [0.4, 0.5) is 16.0 Å². The summed E-state index contributed by atoms with van der Waals surface area (Å²) in [6.07, 6.45) is 3.25. The first kappa shape index (κ1) is 29.2. The van der Waals surface area contributed by atoms with Gasteiger partial charge in [0.1, 0.15) is 23.4 Å². The van der Waals surface area contributed by atoms with Crippen LogP contribution < -0.4 is 20.1 Å². The third kappa shape index (κ3) is 6.60. The minimum Gasteiger partial charge on any atom is -0.495 e. The molecule has 5 rings (SSSR count). The number of nitrogens with zero attached hydrogens (tertiary/aromatic N) is 3. The number of carbonyl (C=O) groups is 1. The lowest BCUT2D eigenvalue weighted by molar-refractivity contribution is -0.113. The zero-order valence-electron chi connectivity index (χ0n) is 23.9. The van der Waals surface area contributed by atoms with Gasteiger partial charge in [-0.3, -0.25) is 4.79 Å². The second-order valence-electron chi connectivity index (χ2n) is 9.89. The zero-order chi connectivity index (χ0) is 29.5. The number of rotatable bonds is 12. The number of unbranched alkanes of at least 4 members (excludes halogenated alkanes) is 2. The SMILES string of the molecule is CCCCCOc1ccc(C2C(C(=O)Nc3ccccc3OC)=C(C)Nc3nc(SCc4ccccc4F)nn32)cc1. The molecule has 0 bridgehead atoms. The molecule has 218 valence electrons. The van der Waals surface area contributed by atoms with Gasteiger partial charge in [-0.2, -0.15) is 4.98 Å². The Labute approximate surface area is 249 Å². The van der Waals surface area contributed by atoms with Gasteiger partial charge in [-0.15, -0.1) is 5.10 Å². The lowest BCUT2D eigenvalue weighted by Crippen LogP contribution is -2.31. The van der Waals surface area contributed by atoms with Gasteiger partial charge in [-0.25, -0.2) is 9.07 Å². The van der Waals surface area contributed by atoms with Gasteiger partial charge in [-0.05, 0) is 54.8 Å². The van der Waals surface area contributed by atoms with E-state index in [-0.39, 0.29) is 11.7 Å². The van der Waals surface area contributed by atoms with Crippen molar-refractivity contribution in [2.24, 2.45) is 0 Å². The third-order valence-electron chi connectivity index (χ3n) is 6.96. The van der Waals surface area contributed by atoms with Gasteiger partial charge in [-0.1, -0.05) is 74.0 Å². The first-order valence-electron chi connectivity index (χ1n) is 14.0. The summed E-state index contributed by atoms with van der Waals surface area (Å²) in [7, 11) is 1.56. The second-order valence-corrected chi connectivity index (χ2v) is 10.8. The molecule has 1 atom stereocenters. The van der Waals surface area contributed by atoms with Crippen LogP contribution >= 0.6 is 11.8 Å². The minimum absolute atomic E-state index is 0.269. The number of ether oxygens (including phenoxy) is 2. The topological polar surface area (TPSA) is 90.3 Å². The van der Waals surface area contributed by atoms with Crippen molar-refractivity contribution < 1.29 is 18.7 Å². The summed E-state index contributed by atoms with van der Waals surface area (Å²) < 4.78 is 27.3. The molecule has 0 saturated carbocycles. The number of methoxy groups -OCH3 is 1. The highest BCUT2D eigenvalue weighted by molar-refractivity contribution is 7.98. The number of carbonyl (C=O) groups excluding carboxylic acids is 1. The summed E-state index contributed by atoms with van der Waals surface area (Å²) in [6.45, 7) is 4.66. The molecule has 3 aromatic carbocycles. The number of hydrogen-bond donors (Lipinski definition) is 2. The van der Waals surface area contributed by atoms with Crippen LogP contribution in [0.25, 0.3) is 0 Å². The van der Waals surface area contributed by atoms with Crippen molar-refractivity contribution in [1.29, 1.82) is 0 Å².